The summed E-state index contributed by atoms with van der Waals surface area (Å²) in [5.74, 6) is -0.00627. The maximum atomic E-state index is 13.7. The molecule has 3 aromatic rings. The SMILES string of the molecule is CCCCNC(=O)[C@@H](Cc1ccccc1)N(Cc1c(Cl)cccc1Cl)C(=O)COc1ccc(Br)c(C)c1. The van der Waals surface area contributed by atoms with E-state index < -0.39 is 6.04 Å². The summed E-state index contributed by atoms with van der Waals surface area (Å²) in [6, 6.07) is 19.6. The second-order valence-electron chi connectivity index (χ2n) is 8.77. The summed E-state index contributed by atoms with van der Waals surface area (Å²) in [5.41, 5.74) is 2.51. The largest absolute Gasteiger partial charge is 0.484 e. The van der Waals surface area contributed by atoms with Crippen LogP contribution in [0.3, 0.4) is 0 Å². The molecule has 2 amide bonds. The third-order valence-electron chi connectivity index (χ3n) is 5.98. The highest BCUT2D eigenvalue weighted by Gasteiger charge is 2.31. The summed E-state index contributed by atoms with van der Waals surface area (Å²) in [7, 11) is 0. The number of carbonyl (C=O) groups is 2. The molecule has 8 heteroatoms. The quantitative estimate of drug-likeness (QED) is 0.226. The highest BCUT2D eigenvalue weighted by atomic mass is 79.9. The van der Waals surface area contributed by atoms with E-state index in [1.54, 1.807) is 24.3 Å². The van der Waals surface area contributed by atoms with Crippen LogP contribution in [0, 0.1) is 6.92 Å². The topological polar surface area (TPSA) is 58.6 Å². The lowest BCUT2D eigenvalue weighted by Gasteiger charge is -2.32. The van der Waals surface area contributed by atoms with Crippen LogP contribution in [0.1, 0.15) is 36.5 Å². The summed E-state index contributed by atoms with van der Waals surface area (Å²) >= 11 is 16.4. The van der Waals surface area contributed by atoms with Gasteiger partial charge in [-0.05, 0) is 54.8 Å². The third-order valence-corrected chi connectivity index (χ3v) is 7.58. The number of ether oxygens (including phenoxy) is 1. The van der Waals surface area contributed by atoms with E-state index in [1.807, 2.05) is 49.4 Å². The molecule has 0 saturated heterocycles. The summed E-state index contributed by atoms with van der Waals surface area (Å²) in [6.07, 6.45) is 2.13. The fraction of sp³-hybridized carbons (Fsp3) is 0.310. The van der Waals surface area contributed by atoms with Crippen molar-refractivity contribution < 1.29 is 14.3 Å². The number of amides is 2. The van der Waals surface area contributed by atoms with Crippen molar-refractivity contribution in [2.75, 3.05) is 13.2 Å². The van der Waals surface area contributed by atoms with E-state index >= 15 is 0 Å². The minimum absolute atomic E-state index is 0.0682. The molecule has 0 radical (unpaired) electrons. The van der Waals surface area contributed by atoms with Gasteiger partial charge in [-0.25, -0.2) is 0 Å². The lowest BCUT2D eigenvalue weighted by atomic mass is 10.0. The van der Waals surface area contributed by atoms with Gasteiger partial charge in [0.2, 0.25) is 5.91 Å². The lowest BCUT2D eigenvalue weighted by Crippen LogP contribution is -2.52. The molecule has 0 aromatic heterocycles. The van der Waals surface area contributed by atoms with Crippen LogP contribution in [0.4, 0.5) is 0 Å². The molecular weight excluding hydrogens is 575 g/mol. The van der Waals surface area contributed by atoms with Gasteiger partial charge in [0.15, 0.2) is 6.61 Å². The van der Waals surface area contributed by atoms with E-state index in [1.165, 1.54) is 4.90 Å². The Balaban J connectivity index is 1.93. The molecule has 196 valence electrons. The summed E-state index contributed by atoms with van der Waals surface area (Å²) in [4.78, 5) is 28.7. The maximum absolute atomic E-state index is 13.7. The van der Waals surface area contributed by atoms with Gasteiger partial charge in [0.05, 0.1) is 0 Å². The standard InChI is InChI=1S/C29H31BrCl2N2O3/c1-3-4-15-33-29(36)27(17-21-9-6-5-7-10-21)34(18-23-25(31)11-8-12-26(23)32)28(35)19-37-22-13-14-24(30)20(2)16-22/h5-14,16,27H,3-4,15,17-19H2,1-2H3,(H,33,36)/t27-/m1/s1. The molecule has 0 aliphatic heterocycles. The normalized spacial score (nSPS) is 11.6. The number of rotatable bonds is 12. The van der Waals surface area contributed by atoms with Crippen LogP contribution in [0.2, 0.25) is 10.0 Å². The van der Waals surface area contributed by atoms with Crippen molar-refractivity contribution in [2.24, 2.45) is 0 Å². The number of hydrogen-bond acceptors (Lipinski definition) is 3. The van der Waals surface area contributed by atoms with Crippen molar-refractivity contribution in [1.82, 2.24) is 10.2 Å². The molecule has 0 aliphatic rings. The van der Waals surface area contributed by atoms with Crippen molar-refractivity contribution in [3.8, 4) is 5.75 Å². The molecule has 5 nitrogen and oxygen atoms in total. The number of carbonyl (C=O) groups excluding carboxylic acids is 2. The fourth-order valence-electron chi connectivity index (χ4n) is 3.85. The van der Waals surface area contributed by atoms with Gasteiger partial charge in [-0.3, -0.25) is 9.59 Å². The Labute approximate surface area is 237 Å². The van der Waals surface area contributed by atoms with Crippen LogP contribution < -0.4 is 10.1 Å². The number of unbranched alkanes of at least 4 members (excludes halogenated alkanes) is 1. The first kappa shape index (κ1) is 29.0. The molecule has 37 heavy (non-hydrogen) atoms. The van der Waals surface area contributed by atoms with Gasteiger partial charge in [-0.15, -0.1) is 0 Å². The van der Waals surface area contributed by atoms with Crippen LogP contribution in [0.15, 0.2) is 71.2 Å². The molecule has 0 saturated carbocycles. The molecule has 0 bridgehead atoms. The molecule has 0 aliphatic carbocycles. The molecule has 3 aromatic carbocycles. The molecule has 0 unspecified atom stereocenters. The van der Waals surface area contributed by atoms with Crippen LogP contribution in [-0.2, 0) is 22.6 Å². The number of aryl methyl sites for hydroxylation is 1. The van der Waals surface area contributed by atoms with Crippen LogP contribution in [-0.4, -0.2) is 35.9 Å². The van der Waals surface area contributed by atoms with Gasteiger partial charge < -0.3 is 15.0 Å². The molecule has 1 atom stereocenters. The van der Waals surface area contributed by atoms with Gasteiger partial charge in [0.25, 0.3) is 5.91 Å². The van der Waals surface area contributed by atoms with Crippen molar-refractivity contribution >= 4 is 50.9 Å². The number of nitrogens with one attached hydrogen (secondary N) is 1. The van der Waals surface area contributed by atoms with Gasteiger partial charge in [0.1, 0.15) is 11.8 Å². The van der Waals surface area contributed by atoms with Crippen molar-refractivity contribution in [2.45, 2.75) is 45.7 Å². The third kappa shape index (κ3) is 8.49. The number of nitrogens with zero attached hydrogens (tertiary/aromatic N) is 1. The average molecular weight is 606 g/mol. The fourth-order valence-corrected chi connectivity index (χ4v) is 4.61. The summed E-state index contributed by atoms with van der Waals surface area (Å²) < 4.78 is 6.80. The average Bonchev–Trinajstić information content (AvgIpc) is 2.88. The van der Waals surface area contributed by atoms with Gasteiger partial charge in [-0.2, -0.15) is 0 Å². The Morgan fingerprint density at radius 3 is 2.38 bits per heavy atom. The molecule has 0 fully saturated rings. The Morgan fingerprint density at radius 1 is 1.03 bits per heavy atom. The second kappa shape index (κ2) is 14.4. The van der Waals surface area contributed by atoms with Crippen LogP contribution in [0.5, 0.6) is 5.75 Å². The predicted molar refractivity (Wildman–Crippen MR) is 153 cm³/mol. The monoisotopic (exact) mass is 604 g/mol. The molecule has 0 spiro atoms. The van der Waals surface area contributed by atoms with Gasteiger partial charge in [-0.1, -0.05) is 88.9 Å². The van der Waals surface area contributed by atoms with E-state index in [-0.39, 0.29) is 25.0 Å². The first-order valence-corrected chi connectivity index (χ1v) is 13.8. The van der Waals surface area contributed by atoms with Gasteiger partial charge in [0, 0.05) is 39.6 Å². The zero-order valence-corrected chi connectivity index (χ0v) is 24.1. The summed E-state index contributed by atoms with van der Waals surface area (Å²) in [6.45, 7) is 4.37. The number of benzene rings is 3. The smallest absolute Gasteiger partial charge is 0.261 e. The Bertz CT molecular complexity index is 1190. The minimum Gasteiger partial charge on any atom is -0.484 e. The molecular formula is C29H31BrCl2N2O3. The highest BCUT2D eigenvalue weighted by Crippen LogP contribution is 2.28. The molecule has 1 N–H and O–H groups in total. The Hall–Kier alpha value is -2.54. The van der Waals surface area contributed by atoms with E-state index in [0.717, 1.165) is 28.4 Å². The van der Waals surface area contributed by atoms with E-state index in [0.29, 0.717) is 34.3 Å². The number of hydrogen-bond donors (Lipinski definition) is 1. The van der Waals surface area contributed by atoms with E-state index in [9.17, 15) is 9.59 Å². The second-order valence-corrected chi connectivity index (χ2v) is 10.4. The van der Waals surface area contributed by atoms with E-state index in [4.69, 9.17) is 27.9 Å². The zero-order chi connectivity index (χ0) is 26.8. The van der Waals surface area contributed by atoms with Crippen molar-refractivity contribution in [1.29, 1.82) is 0 Å². The number of halogens is 3. The van der Waals surface area contributed by atoms with Gasteiger partial charge >= 0.3 is 0 Å². The molecule has 0 heterocycles. The van der Waals surface area contributed by atoms with Crippen LogP contribution >= 0.6 is 39.1 Å². The minimum atomic E-state index is -0.783. The Morgan fingerprint density at radius 2 is 1.73 bits per heavy atom. The van der Waals surface area contributed by atoms with Crippen molar-refractivity contribution in [3.63, 3.8) is 0 Å². The maximum Gasteiger partial charge on any atom is 0.261 e. The van der Waals surface area contributed by atoms with E-state index in [2.05, 4.69) is 28.2 Å². The lowest BCUT2D eigenvalue weighted by molar-refractivity contribution is -0.142. The highest BCUT2D eigenvalue weighted by molar-refractivity contribution is 9.10. The first-order valence-electron chi connectivity index (χ1n) is 12.2. The predicted octanol–water partition coefficient (Wildman–Crippen LogP) is 7.00. The zero-order valence-electron chi connectivity index (χ0n) is 21.0. The summed E-state index contributed by atoms with van der Waals surface area (Å²) in [5, 5.41) is 3.86. The molecule has 3 rings (SSSR count). The Kier molecular flexibility index (Phi) is 11.3. The first-order chi connectivity index (χ1) is 17.8. The van der Waals surface area contributed by atoms with Crippen molar-refractivity contribution in [3.05, 3.63) is 97.9 Å². The van der Waals surface area contributed by atoms with Crippen LogP contribution in [0.25, 0.3) is 0 Å².